The lowest BCUT2D eigenvalue weighted by atomic mass is 10.1. The van der Waals surface area contributed by atoms with Gasteiger partial charge in [0.05, 0.1) is 0 Å². The van der Waals surface area contributed by atoms with Crippen LogP contribution in [0.4, 0.5) is 5.69 Å². The summed E-state index contributed by atoms with van der Waals surface area (Å²) in [6, 6.07) is 8.65. The van der Waals surface area contributed by atoms with Crippen molar-refractivity contribution in [2.24, 2.45) is 0 Å². The molecule has 0 aromatic heterocycles. The number of nitrogens with zero attached hydrogens (tertiary/aromatic N) is 1. The van der Waals surface area contributed by atoms with Crippen molar-refractivity contribution in [3.8, 4) is 0 Å². The minimum atomic E-state index is 0.130. The SMILES string of the molecule is CN(C)c1ccc(C2CNC(=O)CCN2)cc1. The fourth-order valence-corrected chi connectivity index (χ4v) is 1.98. The Morgan fingerprint density at radius 1 is 1.24 bits per heavy atom. The van der Waals surface area contributed by atoms with E-state index in [0.29, 0.717) is 13.0 Å². The highest BCUT2D eigenvalue weighted by Crippen LogP contribution is 2.18. The molecule has 0 aliphatic carbocycles. The van der Waals surface area contributed by atoms with E-state index in [-0.39, 0.29) is 11.9 Å². The second-order valence-corrected chi connectivity index (χ2v) is 4.55. The Labute approximate surface area is 102 Å². The Kier molecular flexibility index (Phi) is 3.64. The molecule has 2 rings (SSSR count). The molecule has 1 aliphatic heterocycles. The number of carbonyl (C=O) groups is 1. The fourth-order valence-electron chi connectivity index (χ4n) is 1.98. The van der Waals surface area contributed by atoms with Crippen LogP contribution in [-0.4, -0.2) is 33.1 Å². The summed E-state index contributed by atoms with van der Waals surface area (Å²) in [6.45, 7) is 1.41. The molecular formula is C13H19N3O. The third-order valence-electron chi connectivity index (χ3n) is 3.06. The highest BCUT2D eigenvalue weighted by atomic mass is 16.1. The van der Waals surface area contributed by atoms with Gasteiger partial charge in [-0.1, -0.05) is 12.1 Å². The Balaban J connectivity index is 2.08. The molecule has 4 heteroatoms. The van der Waals surface area contributed by atoms with Gasteiger partial charge in [0.2, 0.25) is 5.91 Å². The largest absolute Gasteiger partial charge is 0.378 e. The van der Waals surface area contributed by atoms with Crippen LogP contribution >= 0.6 is 0 Å². The molecule has 1 aromatic carbocycles. The van der Waals surface area contributed by atoms with Gasteiger partial charge >= 0.3 is 0 Å². The summed E-state index contributed by atoms with van der Waals surface area (Å²) < 4.78 is 0. The lowest BCUT2D eigenvalue weighted by Gasteiger charge is -2.18. The molecule has 1 amide bonds. The Bertz CT molecular complexity index is 386. The molecule has 0 spiro atoms. The van der Waals surface area contributed by atoms with E-state index < -0.39 is 0 Å². The highest BCUT2D eigenvalue weighted by molar-refractivity contribution is 5.76. The molecule has 1 saturated heterocycles. The minimum absolute atomic E-state index is 0.130. The van der Waals surface area contributed by atoms with Crippen molar-refractivity contribution >= 4 is 11.6 Å². The molecule has 92 valence electrons. The van der Waals surface area contributed by atoms with Crippen molar-refractivity contribution in [3.05, 3.63) is 29.8 Å². The third-order valence-corrected chi connectivity index (χ3v) is 3.06. The Morgan fingerprint density at radius 2 is 1.94 bits per heavy atom. The van der Waals surface area contributed by atoms with Crippen LogP contribution in [0, 0.1) is 0 Å². The first-order valence-electron chi connectivity index (χ1n) is 5.94. The van der Waals surface area contributed by atoms with E-state index in [0.717, 1.165) is 6.54 Å². The van der Waals surface area contributed by atoms with Crippen LogP contribution in [-0.2, 0) is 4.79 Å². The van der Waals surface area contributed by atoms with E-state index in [1.807, 2.05) is 14.1 Å². The van der Waals surface area contributed by atoms with Gasteiger partial charge in [-0.2, -0.15) is 0 Å². The lowest BCUT2D eigenvalue weighted by Crippen LogP contribution is -2.28. The summed E-state index contributed by atoms with van der Waals surface area (Å²) in [5.41, 5.74) is 2.41. The summed E-state index contributed by atoms with van der Waals surface area (Å²) in [7, 11) is 4.05. The van der Waals surface area contributed by atoms with Gasteiger partial charge in [-0.25, -0.2) is 0 Å². The first-order chi connectivity index (χ1) is 8.16. The van der Waals surface area contributed by atoms with Crippen molar-refractivity contribution in [1.29, 1.82) is 0 Å². The number of anilines is 1. The van der Waals surface area contributed by atoms with E-state index in [1.54, 1.807) is 0 Å². The van der Waals surface area contributed by atoms with Gasteiger partial charge in [0.1, 0.15) is 0 Å². The van der Waals surface area contributed by atoms with Crippen molar-refractivity contribution in [2.45, 2.75) is 12.5 Å². The number of carbonyl (C=O) groups excluding carboxylic acids is 1. The van der Waals surface area contributed by atoms with Crippen LogP contribution < -0.4 is 15.5 Å². The van der Waals surface area contributed by atoms with Crippen molar-refractivity contribution in [2.75, 3.05) is 32.1 Å². The summed E-state index contributed by atoms with van der Waals surface area (Å²) >= 11 is 0. The normalized spacial score (nSPS) is 20.6. The third kappa shape index (κ3) is 2.97. The molecule has 4 nitrogen and oxygen atoms in total. The molecule has 0 radical (unpaired) electrons. The van der Waals surface area contributed by atoms with Gasteiger partial charge in [-0.05, 0) is 17.7 Å². The number of hydrogen-bond donors (Lipinski definition) is 2. The average molecular weight is 233 g/mol. The Morgan fingerprint density at radius 3 is 2.59 bits per heavy atom. The van der Waals surface area contributed by atoms with E-state index in [9.17, 15) is 4.79 Å². The van der Waals surface area contributed by atoms with E-state index in [4.69, 9.17) is 0 Å². The van der Waals surface area contributed by atoms with Crippen LogP contribution in [0.15, 0.2) is 24.3 Å². The van der Waals surface area contributed by atoms with E-state index >= 15 is 0 Å². The first-order valence-corrected chi connectivity index (χ1v) is 5.94. The van der Waals surface area contributed by atoms with Gasteiger partial charge in [0.25, 0.3) is 0 Å². The average Bonchev–Trinajstić information content (AvgIpc) is 2.54. The summed E-state index contributed by atoms with van der Waals surface area (Å²) in [4.78, 5) is 13.3. The van der Waals surface area contributed by atoms with Crippen LogP contribution in [0.5, 0.6) is 0 Å². The predicted molar refractivity (Wildman–Crippen MR) is 69.1 cm³/mol. The molecule has 1 fully saturated rings. The minimum Gasteiger partial charge on any atom is -0.378 e. The van der Waals surface area contributed by atoms with Crippen LogP contribution in [0.3, 0.4) is 0 Å². The molecule has 17 heavy (non-hydrogen) atoms. The van der Waals surface area contributed by atoms with Gasteiger partial charge < -0.3 is 15.5 Å². The molecule has 0 bridgehead atoms. The Hall–Kier alpha value is -1.55. The molecule has 1 atom stereocenters. The molecular weight excluding hydrogens is 214 g/mol. The zero-order chi connectivity index (χ0) is 12.3. The maximum atomic E-state index is 11.2. The lowest BCUT2D eigenvalue weighted by molar-refractivity contribution is -0.120. The predicted octanol–water partition coefficient (Wildman–Crippen LogP) is 0.903. The van der Waals surface area contributed by atoms with Gasteiger partial charge in [-0.15, -0.1) is 0 Å². The maximum Gasteiger partial charge on any atom is 0.221 e. The number of rotatable bonds is 2. The zero-order valence-corrected chi connectivity index (χ0v) is 10.4. The monoisotopic (exact) mass is 233 g/mol. The fraction of sp³-hybridized carbons (Fsp3) is 0.462. The molecule has 1 aromatic rings. The van der Waals surface area contributed by atoms with Gasteiger partial charge in [0.15, 0.2) is 0 Å². The van der Waals surface area contributed by atoms with Crippen LogP contribution in [0.2, 0.25) is 0 Å². The number of benzene rings is 1. The number of nitrogens with one attached hydrogen (secondary N) is 2. The van der Waals surface area contributed by atoms with Gasteiger partial charge in [-0.3, -0.25) is 4.79 Å². The summed E-state index contributed by atoms with van der Waals surface area (Å²) in [5.74, 6) is 0.130. The first kappa shape index (κ1) is 11.9. The number of amides is 1. The van der Waals surface area contributed by atoms with E-state index in [1.165, 1.54) is 11.3 Å². The maximum absolute atomic E-state index is 11.2. The quantitative estimate of drug-likeness (QED) is 0.798. The smallest absolute Gasteiger partial charge is 0.221 e. The molecule has 1 heterocycles. The van der Waals surface area contributed by atoms with Crippen molar-refractivity contribution in [3.63, 3.8) is 0 Å². The summed E-state index contributed by atoms with van der Waals surface area (Å²) in [5, 5.41) is 6.30. The molecule has 1 unspecified atom stereocenters. The van der Waals surface area contributed by atoms with Crippen molar-refractivity contribution in [1.82, 2.24) is 10.6 Å². The molecule has 2 N–H and O–H groups in total. The summed E-state index contributed by atoms with van der Waals surface area (Å²) in [6.07, 6.45) is 0.562. The topological polar surface area (TPSA) is 44.4 Å². The molecule has 1 aliphatic rings. The number of hydrogen-bond acceptors (Lipinski definition) is 3. The highest BCUT2D eigenvalue weighted by Gasteiger charge is 2.16. The van der Waals surface area contributed by atoms with Crippen molar-refractivity contribution < 1.29 is 4.79 Å². The second kappa shape index (κ2) is 5.19. The standard InChI is InChI=1S/C13H19N3O/c1-16(2)11-5-3-10(4-6-11)12-9-15-13(17)7-8-14-12/h3-6,12,14H,7-9H2,1-2H3,(H,15,17). The van der Waals surface area contributed by atoms with Crippen LogP contribution in [0.1, 0.15) is 18.0 Å². The van der Waals surface area contributed by atoms with E-state index in [2.05, 4.69) is 39.8 Å². The van der Waals surface area contributed by atoms with Gasteiger partial charge in [0, 0.05) is 45.3 Å². The molecule has 0 saturated carbocycles. The zero-order valence-electron chi connectivity index (χ0n) is 10.4. The van der Waals surface area contributed by atoms with Crippen LogP contribution in [0.25, 0.3) is 0 Å². The second-order valence-electron chi connectivity index (χ2n) is 4.55.